The summed E-state index contributed by atoms with van der Waals surface area (Å²) in [6, 6.07) is 6.18. The third-order valence-corrected chi connectivity index (χ3v) is 6.40. The van der Waals surface area contributed by atoms with Crippen LogP contribution in [0, 0.1) is 11.8 Å². The van der Waals surface area contributed by atoms with E-state index < -0.39 is 0 Å². The number of fused-ring (bicyclic) bond motifs is 2. The van der Waals surface area contributed by atoms with Crippen molar-refractivity contribution in [1.29, 1.82) is 0 Å². The summed E-state index contributed by atoms with van der Waals surface area (Å²) in [6.07, 6.45) is 5.68. The summed E-state index contributed by atoms with van der Waals surface area (Å²) in [4.78, 5) is 17.5. The van der Waals surface area contributed by atoms with Crippen LogP contribution in [0.1, 0.15) is 36.0 Å². The molecule has 4 rings (SSSR count). The molecule has 1 aliphatic heterocycles. The molecule has 3 atom stereocenters. The maximum atomic E-state index is 12.8. The number of carbonyl (C=O) groups is 1. The number of rotatable bonds is 4. The van der Waals surface area contributed by atoms with Crippen LogP contribution in [0.15, 0.2) is 18.2 Å². The fraction of sp³-hybridized carbons (Fsp3) is 0.650. The van der Waals surface area contributed by atoms with Gasteiger partial charge in [0.05, 0.1) is 14.2 Å². The molecule has 25 heavy (non-hydrogen) atoms. The lowest BCUT2D eigenvalue weighted by atomic mass is 9.93. The Balaban J connectivity index is 1.38. The van der Waals surface area contributed by atoms with Crippen LogP contribution < -0.4 is 9.47 Å². The summed E-state index contributed by atoms with van der Waals surface area (Å²) in [5, 5.41) is 0. The van der Waals surface area contributed by atoms with E-state index in [1.54, 1.807) is 26.4 Å². The minimum atomic E-state index is 0.0912. The van der Waals surface area contributed by atoms with E-state index in [0.29, 0.717) is 17.1 Å². The molecule has 5 nitrogen and oxygen atoms in total. The summed E-state index contributed by atoms with van der Waals surface area (Å²) in [5.74, 6) is 3.24. The lowest BCUT2D eigenvalue weighted by Crippen LogP contribution is -2.53. The molecule has 0 unspecified atom stereocenters. The van der Waals surface area contributed by atoms with Crippen LogP contribution in [-0.2, 0) is 0 Å². The van der Waals surface area contributed by atoms with Crippen LogP contribution in [0.25, 0.3) is 0 Å². The maximum Gasteiger partial charge on any atom is 0.254 e. The van der Waals surface area contributed by atoms with Crippen LogP contribution in [-0.4, -0.2) is 62.1 Å². The Labute approximate surface area is 149 Å². The van der Waals surface area contributed by atoms with Gasteiger partial charge in [0.2, 0.25) is 0 Å². The largest absolute Gasteiger partial charge is 0.493 e. The first-order valence-corrected chi connectivity index (χ1v) is 9.45. The van der Waals surface area contributed by atoms with Crippen LogP contribution in [0.4, 0.5) is 0 Å². The molecule has 5 heteroatoms. The normalized spacial score (nSPS) is 29.0. The Kier molecular flexibility index (Phi) is 4.59. The second-order valence-corrected chi connectivity index (χ2v) is 7.64. The smallest absolute Gasteiger partial charge is 0.254 e. The SMILES string of the molecule is COc1ccc(C(=O)N2CCN([C@H]3C[C@@H]4CC[C@@H]3C4)CC2)cc1OC. The molecule has 1 heterocycles. The van der Waals surface area contributed by atoms with Gasteiger partial charge in [0.15, 0.2) is 11.5 Å². The van der Waals surface area contributed by atoms with Crippen LogP contribution in [0.3, 0.4) is 0 Å². The van der Waals surface area contributed by atoms with Crippen molar-refractivity contribution in [3.63, 3.8) is 0 Å². The van der Waals surface area contributed by atoms with Gasteiger partial charge >= 0.3 is 0 Å². The predicted molar refractivity (Wildman–Crippen MR) is 96.3 cm³/mol. The van der Waals surface area contributed by atoms with Gasteiger partial charge in [-0.2, -0.15) is 0 Å². The van der Waals surface area contributed by atoms with Crippen molar-refractivity contribution in [2.24, 2.45) is 11.8 Å². The van der Waals surface area contributed by atoms with E-state index in [0.717, 1.165) is 44.1 Å². The Morgan fingerprint density at radius 1 is 1.00 bits per heavy atom. The molecule has 1 amide bonds. The van der Waals surface area contributed by atoms with E-state index in [1.807, 2.05) is 11.0 Å². The fourth-order valence-corrected chi connectivity index (χ4v) is 5.07. The van der Waals surface area contributed by atoms with E-state index in [4.69, 9.17) is 9.47 Å². The number of methoxy groups -OCH3 is 2. The van der Waals surface area contributed by atoms with Crippen molar-refractivity contribution in [1.82, 2.24) is 9.80 Å². The van der Waals surface area contributed by atoms with Gasteiger partial charge in [0.25, 0.3) is 5.91 Å². The van der Waals surface area contributed by atoms with E-state index in [2.05, 4.69) is 4.90 Å². The molecule has 0 radical (unpaired) electrons. The van der Waals surface area contributed by atoms with E-state index in [1.165, 1.54) is 25.7 Å². The first-order valence-electron chi connectivity index (χ1n) is 9.45. The summed E-state index contributed by atoms with van der Waals surface area (Å²) < 4.78 is 10.6. The van der Waals surface area contributed by atoms with Crippen LogP contribution >= 0.6 is 0 Å². The van der Waals surface area contributed by atoms with Crippen molar-refractivity contribution < 1.29 is 14.3 Å². The van der Waals surface area contributed by atoms with Crippen molar-refractivity contribution in [2.45, 2.75) is 31.7 Å². The maximum absolute atomic E-state index is 12.8. The average molecular weight is 344 g/mol. The molecule has 2 bridgehead atoms. The minimum absolute atomic E-state index is 0.0912. The molecule has 0 spiro atoms. The molecular formula is C20H28N2O3. The highest BCUT2D eigenvalue weighted by Gasteiger charge is 2.42. The standard InChI is InChI=1S/C20H28N2O3/c1-24-18-6-5-16(13-19(18)25-2)20(23)22-9-7-21(8-10-22)17-12-14-3-4-15(17)11-14/h5-6,13-15,17H,3-4,7-12H2,1-2H3/t14-,15-,17+/m1/s1. The number of hydrogen-bond acceptors (Lipinski definition) is 4. The Morgan fingerprint density at radius 3 is 2.36 bits per heavy atom. The molecule has 1 saturated heterocycles. The second-order valence-electron chi connectivity index (χ2n) is 7.64. The van der Waals surface area contributed by atoms with Gasteiger partial charge in [-0.1, -0.05) is 6.42 Å². The summed E-state index contributed by atoms with van der Waals surface area (Å²) >= 11 is 0. The van der Waals surface area contributed by atoms with Gasteiger partial charge in [-0.15, -0.1) is 0 Å². The molecule has 3 aliphatic rings. The van der Waals surface area contributed by atoms with E-state index in [-0.39, 0.29) is 5.91 Å². The lowest BCUT2D eigenvalue weighted by molar-refractivity contribution is 0.0495. The molecule has 1 aromatic rings. The van der Waals surface area contributed by atoms with Crippen molar-refractivity contribution >= 4 is 5.91 Å². The Bertz CT molecular complexity index is 640. The van der Waals surface area contributed by atoms with Gasteiger partial charge in [0, 0.05) is 37.8 Å². The zero-order valence-electron chi connectivity index (χ0n) is 15.2. The molecule has 2 saturated carbocycles. The average Bonchev–Trinajstić information content (AvgIpc) is 3.30. The summed E-state index contributed by atoms with van der Waals surface area (Å²) in [5.41, 5.74) is 0.672. The highest BCUT2D eigenvalue weighted by atomic mass is 16.5. The number of ether oxygens (including phenoxy) is 2. The molecule has 136 valence electrons. The molecule has 1 aromatic carbocycles. The molecule has 2 aliphatic carbocycles. The first-order chi connectivity index (χ1) is 12.2. The van der Waals surface area contributed by atoms with E-state index in [9.17, 15) is 4.79 Å². The Hall–Kier alpha value is -1.75. The van der Waals surface area contributed by atoms with Gasteiger partial charge in [-0.3, -0.25) is 9.69 Å². The number of amides is 1. The third kappa shape index (κ3) is 3.10. The quantitative estimate of drug-likeness (QED) is 0.842. The minimum Gasteiger partial charge on any atom is -0.493 e. The number of carbonyl (C=O) groups excluding carboxylic acids is 1. The third-order valence-electron chi connectivity index (χ3n) is 6.40. The summed E-state index contributed by atoms with van der Waals surface area (Å²) in [6.45, 7) is 3.65. The number of nitrogens with zero attached hydrogens (tertiary/aromatic N) is 2. The zero-order valence-corrected chi connectivity index (χ0v) is 15.2. The highest BCUT2D eigenvalue weighted by molar-refractivity contribution is 5.95. The molecule has 0 N–H and O–H groups in total. The number of benzene rings is 1. The van der Waals surface area contributed by atoms with Gasteiger partial charge in [-0.05, 0) is 49.3 Å². The van der Waals surface area contributed by atoms with E-state index >= 15 is 0 Å². The van der Waals surface area contributed by atoms with Crippen molar-refractivity contribution in [3.8, 4) is 11.5 Å². The summed E-state index contributed by atoms with van der Waals surface area (Å²) in [7, 11) is 3.20. The topological polar surface area (TPSA) is 42.0 Å². The van der Waals surface area contributed by atoms with Crippen LogP contribution in [0.5, 0.6) is 11.5 Å². The zero-order chi connectivity index (χ0) is 17.4. The monoisotopic (exact) mass is 344 g/mol. The van der Waals surface area contributed by atoms with Crippen molar-refractivity contribution in [2.75, 3.05) is 40.4 Å². The predicted octanol–water partition coefficient (Wildman–Crippen LogP) is 2.65. The molecule has 3 fully saturated rings. The van der Waals surface area contributed by atoms with Crippen molar-refractivity contribution in [3.05, 3.63) is 23.8 Å². The fourth-order valence-electron chi connectivity index (χ4n) is 5.07. The first kappa shape index (κ1) is 16.7. The molecular weight excluding hydrogens is 316 g/mol. The highest BCUT2D eigenvalue weighted by Crippen LogP contribution is 2.46. The number of hydrogen-bond donors (Lipinski definition) is 0. The van der Waals surface area contributed by atoms with Crippen LogP contribution in [0.2, 0.25) is 0 Å². The second kappa shape index (κ2) is 6.87. The molecule has 0 aromatic heterocycles. The Morgan fingerprint density at radius 2 is 1.76 bits per heavy atom. The number of piperazine rings is 1. The van der Waals surface area contributed by atoms with Gasteiger partial charge in [0.1, 0.15) is 0 Å². The lowest BCUT2D eigenvalue weighted by Gasteiger charge is -2.41. The van der Waals surface area contributed by atoms with Gasteiger partial charge < -0.3 is 14.4 Å². The van der Waals surface area contributed by atoms with Gasteiger partial charge in [-0.25, -0.2) is 0 Å².